The van der Waals surface area contributed by atoms with Gasteiger partial charge in [0.2, 0.25) is 0 Å². The number of benzene rings is 2. The molecule has 0 radical (unpaired) electrons. The molecule has 21 heavy (non-hydrogen) atoms. The van der Waals surface area contributed by atoms with Crippen LogP contribution in [0.1, 0.15) is 16.0 Å². The molecule has 3 heteroatoms. The molecule has 3 rings (SSSR count). The molecular weight excluding hydrogens is 281 g/mol. The largest absolute Gasteiger partial charge is 0.207 e. The minimum atomic E-state index is -0.168. The van der Waals surface area contributed by atoms with Crippen LogP contribution in [0.3, 0.4) is 0 Å². The summed E-state index contributed by atoms with van der Waals surface area (Å²) in [4.78, 5) is 2.20. The quantitative estimate of drug-likeness (QED) is 0.665. The summed E-state index contributed by atoms with van der Waals surface area (Å²) < 4.78 is 13.7. The lowest BCUT2D eigenvalue weighted by Gasteiger charge is -2.00. The van der Waals surface area contributed by atoms with Gasteiger partial charge >= 0.3 is 0 Å². The molecule has 0 unspecified atom stereocenters. The highest BCUT2D eigenvalue weighted by Crippen LogP contribution is 2.30. The Morgan fingerprint density at radius 3 is 2.67 bits per heavy atom. The van der Waals surface area contributed by atoms with Gasteiger partial charge in [-0.3, -0.25) is 0 Å². The van der Waals surface area contributed by atoms with E-state index in [9.17, 15) is 4.39 Å². The number of thiophene rings is 1. The second-order valence-electron chi connectivity index (χ2n) is 4.73. The lowest BCUT2D eigenvalue weighted by molar-refractivity contribution is 0.614. The summed E-state index contributed by atoms with van der Waals surface area (Å²) >= 11 is 1.63. The third-order valence-corrected chi connectivity index (χ3v) is 4.39. The maximum Gasteiger partial charge on any atom is 0.126 e. The van der Waals surface area contributed by atoms with E-state index in [1.54, 1.807) is 23.5 Å². The van der Waals surface area contributed by atoms with Gasteiger partial charge in [0.1, 0.15) is 5.82 Å². The third kappa shape index (κ3) is 3.01. The molecule has 0 aliphatic carbocycles. The normalized spacial score (nSPS) is 10.3. The van der Waals surface area contributed by atoms with Crippen molar-refractivity contribution in [2.75, 3.05) is 0 Å². The van der Waals surface area contributed by atoms with E-state index < -0.39 is 0 Å². The maximum atomic E-state index is 13.7. The summed E-state index contributed by atoms with van der Waals surface area (Å²) in [6, 6.07) is 20.6. The van der Waals surface area contributed by atoms with E-state index in [1.165, 1.54) is 6.07 Å². The fourth-order valence-corrected chi connectivity index (χ4v) is 3.23. The van der Waals surface area contributed by atoms with E-state index in [1.807, 2.05) is 42.5 Å². The second-order valence-corrected chi connectivity index (χ2v) is 5.90. The lowest BCUT2D eigenvalue weighted by atomic mass is 10.1. The first-order chi connectivity index (χ1) is 10.3. The number of nitrogens with zero attached hydrogens (tertiary/aromatic N) is 1. The summed E-state index contributed by atoms with van der Waals surface area (Å²) in [6.45, 7) is 0. The van der Waals surface area contributed by atoms with Gasteiger partial charge in [-0.2, -0.15) is 5.26 Å². The summed E-state index contributed by atoms with van der Waals surface area (Å²) in [5, 5.41) is 8.95. The number of halogens is 1. The molecule has 0 amide bonds. The van der Waals surface area contributed by atoms with Gasteiger partial charge in [-0.25, -0.2) is 4.39 Å². The van der Waals surface area contributed by atoms with Gasteiger partial charge in [0.25, 0.3) is 0 Å². The number of rotatable bonds is 3. The van der Waals surface area contributed by atoms with Crippen LogP contribution < -0.4 is 0 Å². The van der Waals surface area contributed by atoms with Crippen LogP contribution >= 0.6 is 11.3 Å². The highest BCUT2D eigenvalue weighted by atomic mass is 32.1. The molecule has 0 atom stereocenters. The first kappa shape index (κ1) is 13.5. The van der Waals surface area contributed by atoms with E-state index in [0.29, 0.717) is 17.5 Å². The Bertz CT molecular complexity index is 814. The van der Waals surface area contributed by atoms with Gasteiger partial charge in [0, 0.05) is 16.2 Å². The van der Waals surface area contributed by atoms with Crippen LogP contribution in [-0.4, -0.2) is 0 Å². The molecule has 102 valence electrons. The highest BCUT2D eigenvalue weighted by molar-refractivity contribution is 7.15. The molecule has 1 aromatic heterocycles. The van der Waals surface area contributed by atoms with Gasteiger partial charge in [-0.05, 0) is 41.5 Å². The van der Waals surface area contributed by atoms with Gasteiger partial charge < -0.3 is 0 Å². The van der Waals surface area contributed by atoms with Crippen LogP contribution in [-0.2, 0) is 6.42 Å². The predicted molar refractivity (Wildman–Crippen MR) is 83.7 cm³/mol. The summed E-state index contributed by atoms with van der Waals surface area (Å²) in [5.41, 5.74) is 2.38. The van der Waals surface area contributed by atoms with E-state index in [-0.39, 0.29) is 5.82 Å². The van der Waals surface area contributed by atoms with Crippen molar-refractivity contribution in [2.24, 2.45) is 0 Å². The number of hydrogen-bond acceptors (Lipinski definition) is 2. The van der Waals surface area contributed by atoms with Crippen LogP contribution in [0.2, 0.25) is 0 Å². The monoisotopic (exact) mass is 293 g/mol. The Hall–Kier alpha value is -2.44. The zero-order valence-corrected chi connectivity index (χ0v) is 12.0. The zero-order chi connectivity index (χ0) is 14.7. The molecule has 0 N–H and O–H groups in total. The standard InChI is InChI=1S/C18H12FNS/c19-17-7-2-1-5-14(17)11-16-8-9-18(21-16)15-6-3-4-13(10-15)12-20/h1-10H,11H2. The van der Waals surface area contributed by atoms with Crippen molar-refractivity contribution in [1.82, 2.24) is 0 Å². The minimum absolute atomic E-state index is 0.168. The Kier molecular flexibility index (Phi) is 3.81. The molecule has 0 saturated carbocycles. The van der Waals surface area contributed by atoms with Crippen molar-refractivity contribution < 1.29 is 4.39 Å². The first-order valence-corrected chi connectivity index (χ1v) is 7.40. The molecular formula is C18H12FNS. The van der Waals surface area contributed by atoms with Crippen molar-refractivity contribution in [3.05, 3.63) is 82.5 Å². The molecule has 0 fully saturated rings. The van der Waals surface area contributed by atoms with Gasteiger partial charge in [-0.15, -0.1) is 11.3 Å². The minimum Gasteiger partial charge on any atom is -0.207 e. The summed E-state index contributed by atoms with van der Waals surface area (Å²) in [5.74, 6) is -0.168. The van der Waals surface area contributed by atoms with Crippen molar-refractivity contribution in [2.45, 2.75) is 6.42 Å². The molecule has 0 aliphatic heterocycles. The molecule has 1 heterocycles. The topological polar surface area (TPSA) is 23.8 Å². The maximum absolute atomic E-state index is 13.7. The van der Waals surface area contributed by atoms with Crippen molar-refractivity contribution in [3.63, 3.8) is 0 Å². The Morgan fingerprint density at radius 1 is 1.00 bits per heavy atom. The van der Waals surface area contributed by atoms with Crippen LogP contribution in [0.15, 0.2) is 60.7 Å². The van der Waals surface area contributed by atoms with E-state index in [4.69, 9.17) is 5.26 Å². The second kappa shape index (κ2) is 5.90. The Morgan fingerprint density at radius 2 is 1.86 bits per heavy atom. The van der Waals surface area contributed by atoms with Crippen molar-refractivity contribution in [1.29, 1.82) is 5.26 Å². The van der Waals surface area contributed by atoms with E-state index in [0.717, 1.165) is 15.3 Å². The molecule has 1 nitrogen and oxygen atoms in total. The zero-order valence-electron chi connectivity index (χ0n) is 11.2. The van der Waals surface area contributed by atoms with E-state index >= 15 is 0 Å². The molecule has 2 aromatic carbocycles. The Labute approximate surface area is 126 Å². The number of nitriles is 1. The van der Waals surface area contributed by atoms with Gasteiger partial charge in [0.15, 0.2) is 0 Å². The average molecular weight is 293 g/mol. The fourth-order valence-electron chi connectivity index (χ4n) is 2.20. The van der Waals surface area contributed by atoms with Gasteiger partial charge in [-0.1, -0.05) is 30.3 Å². The molecule has 0 aliphatic rings. The third-order valence-electron chi connectivity index (χ3n) is 3.26. The molecule has 0 bridgehead atoms. The Balaban J connectivity index is 1.87. The summed E-state index contributed by atoms with van der Waals surface area (Å²) in [7, 11) is 0. The van der Waals surface area contributed by atoms with Gasteiger partial charge in [0.05, 0.1) is 11.6 Å². The SMILES string of the molecule is N#Cc1cccc(-c2ccc(Cc3ccccc3F)s2)c1. The van der Waals surface area contributed by atoms with Crippen LogP contribution in [0, 0.1) is 17.1 Å². The molecule has 3 aromatic rings. The lowest BCUT2D eigenvalue weighted by Crippen LogP contribution is -1.88. The first-order valence-electron chi connectivity index (χ1n) is 6.59. The van der Waals surface area contributed by atoms with Crippen LogP contribution in [0.5, 0.6) is 0 Å². The summed E-state index contributed by atoms with van der Waals surface area (Å²) in [6.07, 6.45) is 0.593. The molecule has 0 saturated heterocycles. The van der Waals surface area contributed by atoms with Crippen molar-refractivity contribution >= 4 is 11.3 Å². The average Bonchev–Trinajstić information content (AvgIpc) is 2.98. The van der Waals surface area contributed by atoms with E-state index in [2.05, 4.69) is 6.07 Å². The van der Waals surface area contributed by atoms with Crippen LogP contribution in [0.25, 0.3) is 10.4 Å². The molecule has 0 spiro atoms. The number of hydrogen-bond donors (Lipinski definition) is 0. The van der Waals surface area contributed by atoms with Crippen LogP contribution in [0.4, 0.5) is 4.39 Å². The smallest absolute Gasteiger partial charge is 0.126 e. The van der Waals surface area contributed by atoms with Crippen molar-refractivity contribution in [3.8, 4) is 16.5 Å². The highest BCUT2D eigenvalue weighted by Gasteiger charge is 2.07. The predicted octanol–water partition coefficient (Wildman–Crippen LogP) is 5.02. The fraction of sp³-hybridized carbons (Fsp3) is 0.0556.